The van der Waals surface area contributed by atoms with Gasteiger partial charge in [-0.05, 0) is 23.6 Å². The zero-order valence-electron chi connectivity index (χ0n) is 12.4. The molecule has 4 heteroatoms. The quantitative estimate of drug-likeness (QED) is 0.873. The number of hydrogen-bond donors (Lipinski definition) is 2. The van der Waals surface area contributed by atoms with E-state index in [1.54, 1.807) is 6.07 Å². The third kappa shape index (κ3) is 4.24. The molecule has 0 spiro atoms. The van der Waals surface area contributed by atoms with Crippen molar-refractivity contribution in [1.29, 1.82) is 0 Å². The number of nitrogens with zero attached hydrogens (tertiary/aromatic N) is 1. The first-order valence-corrected chi connectivity index (χ1v) is 6.45. The molecule has 0 saturated heterocycles. The molecule has 0 aliphatic heterocycles. The molecular formula is C15H24N2O2. The van der Waals surface area contributed by atoms with Gasteiger partial charge in [0.2, 0.25) is 0 Å². The number of hydrogen-bond acceptors (Lipinski definition) is 3. The van der Waals surface area contributed by atoms with Crippen LogP contribution in [0.2, 0.25) is 0 Å². The van der Waals surface area contributed by atoms with Crippen LogP contribution >= 0.6 is 0 Å². The second-order valence-corrected chi connectivity index (χ2v) is 6.02. The monoisotopic (exact) mass is 264 g/mol. The predicted octanol–water partition coefficient (Wildman–Crippen LogP) is 1.89. The summed E-state index contributed by atoms with van der Waals surface area (Å²) in [7, 11) is 3.87. The van der Waals surface area contributed by atoms with E-state index in [9.17, 15) is 9.90 Å². The van der Waals surface area contributed by atoms with Crippen LogP contribution in [0.5, 0.6) is 0 Å². The highest BCUT2D eigenvalue weighted by atomic mass is 16.3. The number of aliphatic hydroxyl groups is 1. The second kappa shape index (κ2) is 6.06. The first-order valence-electron chi connectivity index (χ1n) is 6.45. The Morgan fingerprint density at radius 2 is 2.00 bits per heavy atom. The van der Waals surface area contributed by atoms with E-state index in [-0.39, 0.29) is 24.0 Å². The van der Waals surface area contributed by atoms with Crippen molar-refractivity contribution in [2.45, 2.75) is 26.8 Å². The van der Waals surface area contributed by atoms with Crippen LogP contribution in [0.25, 0.3) is 0 Å². The summed E-state index contributed by atoms with van der Waals surface area (Å²) in [6, 6.07) is 7.16. The Bertz CT molecular complexity index is 436. The predicted molar refractivity (Wildman–Crippen MR) is 78.6 cm³/mol. The molecule has 2 N–H and O–H groups in total. The average Bonchev–Trinajstić information content (AvgIpc) is 2.34. The molecular weight excluding hydrogens is 240 g/mol. The average molecular weight is 264 g/mol. The normalized spacial score (nSPS) is 12.9. The van der Waals surface area contributed by atoms with E-state index in [0.717, 1.165) is 5.69 Å². The van der Waals surface area contributed by atoms with Gasteiger partial charge in [0.25, 0.3) is 5.91 Å². The van der Waals surface area contributed by atoms with Crippen molar-refractivity contribution in [3.8, 4) is 0 Å². The number of aliphatic hydroxyl groups excluding tert-OH is 1. The van der Waals surface area contributed by atoms with E-state index in [0.29, 0.717) is 5.56 Å². The molecule has 1 rings (SSSR count). The molecule has 0 fully saturated rings. The number of carbonyl (C=O) groups excluding carboxylic acids is 1. The fraction of sp³-hybridized carbons (Fsp3) is 0.533. The number of carbonyl (C=O) groups is 1. The summed E-state index contributed by atoms with van der Waals surface area (Å²) in [5, 5.41) is 12.3. The second-order valence-electron chi connectivity index (χ2n) is 6.02. The number of amides is 1. The van der Waals surface area contributed by atoms with E-state index >= 15 is 0 Å². The van der Waals surface area contributed by atoms with E-state index in [1.807, 2.05) is 58.0 Å². The lowest BCUT2D eigenvalue weighted by molar-refractivity contribution is 0.0848. The fourth-order valence-electron chi connectivity index (χ4n) is 1.70. The summed E-state index contributed by atoms with van der Waals surface area (Å²) in [6.07, 6.45) is 0. The Hall–Kier alpha value is -1.55. The van der Waals surface area contributed by atoms with Gasteiger partial charge < -0.3 is 15.3 Å². The van der Waals surface area contributed by atoms with E-state index in [4.69, 9.17) is 0 Å². The topological polar surface area (TPSA) is 52.6 Å². The van der Waals surface area contributed by atoms with Gasteiger partial charge in [-0.15, -0.1) is 0 Å². The van der Waals surface area contributed by atoms with Crippen molar-refractivity contribution < 1.29 is 9.90 Å². The van der Waals surface area contributed by atoms with Crippen molar-refractivity contribution >= 4 is 11.6 Å². The molecule has 0 aliphatic rings. The highest BCUT2D eigenvalue weighted by Gasteiger charge is 2.25. The largest absolute Gasteiger partial charge is 0.394 e. The minimum Gasteiger partial charge on any atom is -0.394 e. The maximum atomic E-state index is 12.2. The molecule has 0 bridgehead atoms. The summed E-state index contributed by atoms with van der Waals surface area (Å²) in [6.45, 7) is 5.90. The van der Waals surface area contributed by atoms with Crippen LogP contribution in [0.1, 0.15) is 31.1 Å². The van der Waals surface area contributed by atoms with Crippen molar-refractivity contribution in [3.63, 3.8) is 0 Å². The molecule has 0 radical (unpaired) electrons. The molecule has 19 heavy (non-hydrogen) atoms. The maximum absolute atomic E-state index is 12.2. The van der Waals surface area contributed by atoms with Crippen molar-refractivity contribution in [2.75, 3.05) is 25.6 Å². The molecule has 1 unspecified atom stereocenters. The fourth-order valence-corrected chi connectivity index (χ4v) is 1.70. The number of anilines is 1. The maximum Gasteiger partial charge on any atom is 0.251 e. The van der Waals surface area contributed by atoms with Crippen molar-refractivity contribution in [2.24, 2.45) is 5.41 Å². The van der Waals surface area contributed by atoms with Crippen LogP contribution in [0.3, 0.4) is 0 Å². The third-order valence-corrected chi connectivity index (χ3v) is 3.16. The first-order chi connectivity index (χ1) is 8.75. The van der Waals surface area contributed by atoms with Crippen LogP contribution in [-0.2, 0) is 0 Å². The van der Waals surface area contributed by atoms with Crippen LogP contribution < -0.4 is 10.2 Å². The van der Waals surface area contributed by atoms with Crippen LogP contribution in [0, 0.1) is 5.41 Å². The zero-order valence-corrected chi connectivity index (χ0v) is 12.4. The molecule has 0 heterocycles. The third-order valence-electron chi connectivity index (χ3n) is 3.16. The Kier molecular flexibility index (Phi) is 4.95. The zero-order chi connectivity index (χ0) is 14.6. The molecule has 106 valence electrons. The molecule has 1 aromatic rings. The van der Waals surface area contributed by atoms with Gasteiger partial charge in [-0.3, -0.25) is 4.79 Å². The highest BCUT2D eigenvalue weighted by Crippen LogP contribution is 2.20. The van der Waals surface area contributed by atoms with E-state index in [2.05, 4.69) is 5.32 Å². The molecule has 1 amide bonds. The Morgan fingerprint density at radius 1 is 1.37 bits per heavy atom. The summed E-state index contributed by atoms with van der Waals surface area (Å²) in [5.41, 5.74) is 1.40. The smallest absolute Gasteiger partial charge is 0.251 e. The molecule has 4 nitrogen and oxygen atoms in total. The minimum atomic E-state index is -0.261. The van der Waals surface area contributed by atoms with Gasteiger partial charge in [0.05, 0.1) is 12.6 Å². The Morgan fingerprint density at radius 3 is 2.47 bits per heavy atom. The number of benzene rings is 1. The van der Waals surface area contributed by atoms with Gasteiger partial charge in [-0.25, -0.2) is 0 Å². The molecule has 0 aliphatic carbocycles. The van der Waals surface area contributed by atoms with E-state index < -0.39 is 0 Å². The molecule has 0 aromatic heterocycles. The SMILES string of the molecule is CN(C)c1cccc(C(=O)NC(CO)C(C)(C)C)c1. The summed E-state index contributed by atoms with van der Waals surface area (Å²) in [5.74, 6) is -0.155. The summed E-state index contributed by atoms with van der Waals surface area (Å²) >= 11 is 0. The molecule has 1 atom stereocenters. The minimum absolute atomic E-state index is 0.0669. The van der Waals surface area contributed by atoms with Gasteiger partial charge >= 0.3 is 0 Å². The van der Waals surface area contributed by atoms with E-state index in [1.165, 1.54) is 0 Å². The molecule has 0 saturated carbocycles. The van der Waals surface area contributed by atoms with Gasteiger partial charge in [0.1, 0.15) is 0 Å². The lowest BCUT2D eigenvalue weighted by Crippen LogP contribution is -2.46. The summed E-state index contributed by atoms with van der Waals surface area (Å²) < 4.78 is 0. The van der Waals surface area contributed by atoms with Crippen LogP contribution in [0.4, 0.5) is 5.69 Å². The van der Waals surface area contributed by atoms with Gasteiger partial charge in [0, 0.05) is 25.3 Å². The van der Waals surface area contributed by atoms with Gasteiger partial charge in [0.15, 0.2) is 0 Å². The van der Waals surface area contributed by atoms with Crippen molar-refractivity contribution in [3.05, 3.63) is 29.8 Å². The Labute approximate surface area is 115 Å². The standard InChI is InChI=1S/C15H24N2O2/c1-15(2,3)13(10-18)16-14(19)11-7-6-8-12(9-11)17(4)5/h6-9,13,18H,10H2,1-5H3,(H,16,19). The number of rotatable bonds is 4. The van der Waals surface area contributed by atoms with Crippen molar-refractivity contribution in [1.82, 2.24) is 5.32 Å². The first kappa shape index (κ1) is 15.5. The van der Waals surface area contributed by atoms with Crippen LogP contribution in [-0.4, -0.2) is 37.8 Å². The molecule has 1 aromatic carbocycles. The lowest BCUT2D eigenvalue weighted by Gasteiger charge is -2.29. The van der Waals surface area contributed by atoms with Crippen LogP contribution in [0.15, 0.2) is 24.3 Å². The summed E-state index contributed by atoms with van der Waals surface area (Å²) in [4.78, 5) is 14.1. The van der Waals surface area contributed by atoms with Gasteiger partial charge in [-0.1, -0.05) is 26.8 Å². The lowest BCUT2D eigenvalue weighted by atomic mass is 9.87. The number of nitrogens with one attached hydrogen (secondary N) is 1. The highest BCUT2D eigenvalue weighted by molar-refractivity contribution is 5.95. The Balaban J connectivity index is 2.86. The van der Waals surface area contributed by atoms with Gasteiger partial charge in [-0.2, -0.15) is 0 Å².